The van der Waals surface area contributed by atoms with Crippen molar-refractivity contribution >= 4 is 28.3 Å². The van der Waals surface area contributed by atoms with Gasteiger partial charge in [-0.25, -0.2) is 0 Å². The summed E-state index contributed by atoms with van der Waals surface area (Å²) in [7, 11) is 3.36. The molecule has 0 radical (unpaired) electrons. The number of hydrogen-bond donors (Lipinski definition) is 1. The average Bonchev–Trinajstić information content (AvgIpc) is 2.92. The molecule has 23 heavy (non-hydrogen) atoms. The van der Waals surface area contributed by atoms with Crippen molar-refractivity contribution in [2.24, 2.45) is 7.05 Å². The maximum Gasteiger partial charge on any atom is 0.296 e. The predicted molar refractivity (Wildman–Crippen MR) is 88.9 cm³/mol. The highest BCUT2D eigenvalue weighted by molar-refractivity contribution is 6.48. The largest absolute Gasteiger partial charge is 0.495 e. The number of hydrogen-bond acceptors (Lipinski definition) is 3. The summed E-state index contributed by atoms with van der Waals surface area (Å²) in [6, 6.07) is 14.4. The number of Topliss-reactive ketones (excluding diaryl/α,β-unsaturated/α-hetero) is 1. The van der Waals surface area contributed by atoms with Crippen LogP contribution in [0.25, 0.3) is 10.9 Å². The van der Waals surface area contributed by atoms with Crippen LogP contribution in [0, 0.1) is 0 Å². The molecule has 0 aliphatic rings. The van der Waals surface area contributed by atoms with Crippen LogP contribution in [0.4, 0.5) is 5.69 Å². The monoisotopic (exact) mass is 308 g/mol. The van der Waals surface area contributed by atoms with Gasteiger partial charge in [0.1, 0.15) is 5.75 Å². The number of carbonyl (C=O) groups is 2. The summed E-state index contributed by atoms with van der Waals surface area (Å²) in [4.78, 5) is 24.8. The summed E-state index contributed by atoms with van der Waals surface area (Å²) >= 11 is 0. The van der Waals surface area contributed by atoms with E-state index in [1.165, 1.54) is 7.11 Å². The van der Waals surface area contributed by atoms with Crippen molar-refractivity contribution in [3.63, 3.8) is 0 Å². The number of nitrogens with one attached hydrogen (secondary N) is 1. The number of ether oxygens (including phenoxy) is 1. The molecule has 0 atom stereocenters. The van der Waals surface area contributed by atoms with Gasteiger partial charge in [0, 0.05) is 24.1 Å². The highest BCUT2D eigenvalue weighted by atomic mass is 16.5. The second-order valence-electron chi connectivity index (χ2n) is 5.15. The molecule has 2 aromatic carbocycles. The molecule has 0 spiro atoms. The molecule has 0 bridgehead atoms. The van der Waals surface area contributed by atoms with Crippen molar-refractivity contribution in [2.45, 2.75) is 0 Å². The van der Waals surface area contributed by atoms with Gasteiger partial charge in [0.05, 0.1) is 18.4 Å². The van der Waals surface area contributed by atoms with Crippen molar-refractivity contribution in [3.8, 4) is 5.75 Å². The lowest BCUT2D eigenvalue weighted by Crippen LogP contribution is -2.23. The lowest BCUT2D eigenvalue weighted by atomic mass is 10.1. The van der Waals surface area contributed by atoms with E-state index in [4.69, 9.17) is 4.74 Å². The van der Waals surface area contributed by atoms with E-state index >= 15 is 0 Å². The van der Waals surface area contributed by atoms with Crippen molar-refractivity contribution in [3.05, 3.63) is 60.3 Å². The Bertz CT molecular complexity index is 896. The lowest BCUT2D eigenvalue weighted by molar-refractivity contribution is -0.112. The highest BCUT2D eigenvalue weighted by Crippen LogP contribution is 2.24. The van der Waals surface area contributed by atoms with Crippen LogP contribution in [0.15, 0.2) is 54.7 Å². The number of carbonyl (C=O) groups excluding carboxylic acids is 2. The maximum atomic E-state index is 12.5. The number of aromatic nitrogens is 1. The van der Waals surface area contributed by atoms with Gasteiger partial charge in [0.15, 0.2) is 0 Å². The Morgan fingerprint density at radius 1 is 1.04 bits per heavy atom. The van der Waals surface area contributed by atoms with Gasteiger partial charge in [-0.15, -0.1) is 0 Å². The number of aryl methyl sites for hydroxylation is 1. The van der Waals surface area contributed by atoms with Gasteiger partial charge in [0.25, 0.3) is 11.7 Å². The van der Waals surface area contributed by atoms with Crippen molar-refractivity contribution < 1.29 is 14.3 Å². The number of rotatable bonds is 4. The van der Waals surface area contributed by atoms with Crippen LogP contribution in [-0.2, 0) is 11.8 Å². The van der Waals surface area contributed by atoms with E-state index in [9.17, 15) is 9.59 Å². The molecule has 1 amide bonds. The van der Waals surface area contributed by atoms with Gasteiger partial charge in [-0.2, -0.15) is 0 Å². The maximum absolute atomic E-state index is 12.5. The second-order valence-corrected chi connectivity index (χ2v) is 5.15. The molecule has 1 aromatic heterocycles. The Hall–Kier alpha value is -3.08. The van der Waals surface area contributed by atoms with Crippen LogP contribution in [0.1, 0.15) is 10.4 Å². The molecule has 5 nitrogen and oxygen atoms in total. The third kappa shape index (κ3) is 2.68. The molecule has 1 N–H and O–H groups in total. The SMILES string of the molecule is COc1ccccc1NC(=O)C(=O)c1cn(C)c2ccccc12. The molecule has 3 rings (SSSR count). The van der Waals surface area contributed by atoms with Gasteiger partial charge in [-0.3, -0.25) is 9.59 Å². The number of methoxy groups -OCH3 is 1. The van der Waals surface area contributed by atoms with E-state index in [1.807, 2.05) is 35.9 Å². The molecule has 0 aliphatic heterocycles. The quantitative estimate of drug-likeness (QED) is 0.595. The van der Waals surface area contributed by atoms with Gasteiger partial charge in [0.2, 0.25) is 0 Å². The number of para-hydroxylation sites is 3. The standard InChI is InChI=1S/C18H16N2O3/c1-20-11-13(12-7-3-5-9-15(12)20)17(21)18(22)19-14-8-4-6-10-16(14)23-2/h3-11H,1-2H3,(H,19,22). The fourth-order valence-corrected chi connectivity index (χ4v) is 2.57. The number of fused-ring (bicyclic) bond motifs is 1. The zero-order valence-electron chi connectivity index (χ0n) is 12.9. The summed E-state index contributed by atoms with van der Waals surface area (Å²) in [6.07, 6.45) is 1.68. The Labute approximate surface area is 133 Å². The summed E-state index contributed by atoms with van der Waals surface area (Å²) < 4.78 is 7.01. The van der Waals surface area contributed by atoms with Gasteiger partial charge < -0.3 is 14.6 Å². The first-order valence-electron chi connectivity index (χ1n) is 7.14. The number of amides is 1. The van der Waals surface area contributed by atoms with E-state index < -0.39 is 11.7 Å². The Morgan fingerprint density at radius 3 is 2.52 bits per heavy atom. The number of benzene rings is 2. The Balaban J connectivity index is 1.92. The molecule has 0 unspecified atom stereocenters. The van der Waals surface area contributed by atoms with Crippen LogP contribution in [0.5, 0.6) is 5.75 Å². The fourth-order valence-electron chi connectivity index (χ4n) is 2.57. The average molecular weight is 308 g/mol. The summed E-state index contributed by atoms with van der Waals surface area (Å²) in [6.45, 7) is 0. The van der Waals surface area contributed by atoms with E-state index in [1.54, 1.807) is 30.5 Å². The van der Waals surface area contributed by atoms with Crippen molar-refractivity contribution in [1.29, 1.82) is 0 Å². The molecule has 116 valence electrons. The zero-order valence-corrected chi connectivity index (χ0v) is 12.9. The summed E-state index contributed by atoms with van der Waals surface area (Å²) in [5.74, 6) is -0.759. The molecule has 0 aliphatic carbocycles. The molecule has 5 heteroatoms. The molecule has 0 saturated heterocycles. The molecule has 3 aromatic rings. The van der Waals surface area contributed by atoms with Crippen molar-refractivity contribution in [2.75, 3.05) is 12.4 Å². The van der Waals surface area contributed by atoms with Crippen LogP contribution in [-0.4, -0.2) is 23.4 Å². The first-order valence-corrected chi connectivity index (χ1v) is 7.14. The number of ketones is 1. The first kappa shape index (κ1) is 14.8. The van der Waals surface area contributed by atoms with E-state index in [0.717, 1.165) is 10.9 Å². The third-order valence-electron chi connectivity index (χ3n) is 3.70. The first-order chi connectivity index (χ1) is 11.1. The van der Waals surface area contributed by atoms with E-state index in [2.05, 4.69) is 5.32 Å². The minimum absolute atomic E-state index is 0.385. The molecular weight excluding hydrogens is 292 g/mol. The molecule has 1 heterocycles. The van der Waals surface area contributed by atoms with Gasteiger partial charge in [-0.1, -0.05) is 30.3 Å². The second kappa shape index (κ2) is 5.96. The molecule has 0 saturated carbocycles. The Morgan fingerprint density at radius 2 is 1.74 bits per heavy atom. The highest BCUT2D eigenvalue weighted by Gasteiger charge is 2.21. The van der Waals surface area contributed by atoms with Crippen LogP contribution in [0.2, 0.25) is 0 Å². The number of nitrogens with zero attached hydrogens (tertiary/aromatic N) is 1. The topological polar surface area (TPSA) is 60.3 Å². The molecular formula is C18H16N2O3. The van der Waals surface area contributed by atoms with Crippen LogP contribution >= 0.6 is 0 Å². The number of anilines is 1. The smallest absolute Gasteiger partial charge is 0.296 e. The third-order valence-corrected chi connectivity index (χ3v) is 3.70. The van der Waals surface area contributed by atoms with Crippen LogP contribution < -0.4 is 10.1 Å². The molecule has 0 fully saturated rings. The minimum atomic E-state index is -0.689. The van der Waals surface area contributed by atoms with E-state index in [-0.39, 0.29) is 0 Å². The normalized spacial score (nSPS) is 10.5. The van der Waals surface area contributed by atoms with Crippen molar-refractivity contribution in [1.82, 2.24) is 4.57 Å². The Kier molecular flexibility index (Phi) is 3.85. The lowest BCUT2D eigenvalue weighted by Gasteiger charge is -2.08. The summed E-state index contributed by atoms with van der Waals surface area (Å²) in [5, 5.41) is 3.37. The minimum Gasteiger partial charge on any atom is -0.495 e. The summed E-state index contributed by atoms with van der Waals surface area (Å²) in [5.41, 5.74) is 1.75. The fraction of sp³-hybridized carbons (Fsp3) is 0.111. The zero-order chi connectivity index (χ0) is 16.4. The van der Waals surface area contributed by atoms with E-state index in [0.29, 0.717) is 17.0 Å². The van der Waals surface area contributed by atoms with Gasteiger partial charge in [-0.05, 0) is 18.2 Å². The predicted octanol–water partition coefficient (Wildman–Crippen LogP) is 3.01. The van der Waals surface area contributed by atoms with Crippen LogP contribution in [0.3, 0.4) is 0 Å². The van der Waals surface area contributed by atoms with Gasteiger partial charge >= 0.3 is 0 Å².